The Morgan fingerprint density at radius 2 is 2.00 bits per heavy atom. The van der Waals surface area contributed by atoms with E-state index in [1.54, 1.807) is 0 Å². The minimum absolute atomic E-state index is 1.02. The average molecular weight is 185 g/mol. The van der Waals surface area contributed by atoms with E-state index in [0.29, 0.717) is 0 Å². The van der Waals surface area contributed by atoms with Gasteiger partial charge in [-0.1, -0.05) is 6.07 Å². The third kappa shape index (κ3) is 1.51. The molecule has 0 spiro atoms. The summed E-state index contributed by atoms with van der Waals surface area (Å²) in [6.45, 7) is 2.10. The normalized spacial score (nSPS) is 10.1. The SMILES string of the molecule is Cc1ccc[n+](C)c1-c1ccccn1. The molecule has 0 bridgehead atoms. The Bertz CT molecular complexity index is 415. The van der Waals surface area contributed by atoms with Crippen molar-refractivity contribution in [1.82, 2.24) is 4.98 Å². The predicted octanol–water partition coefficient (Wildman–Crippen LogP) is 1.88. The van der Waals surface area contributed by atoms with Crippen LogP contribution < -0.4 is 4.57 Å². The van der Waals surface area contributed by atoms with Crippen molar-refractivity contribution < 1.29 is 4.57 Å². The number of hydrogen-bond donors (Lipinski definition) is 0. The molecule has 14 heavy (non-hydrogen) atoms. The smallest absolute Gasteiger partial charge is 0.233 e. The molecule has 0 fully saturated rings. The van der Waals surface area contributed by atoms with Crippen LogP contribution in [0.15, 0.2) is 42.7 Å². The number of pyridine rings is 2. The van der Waals surface area contributed by atoms with E-state index in [0.717, 1.165) is 5.69 Å². The lowest BCUT2D eigenvalue weighted by molar-refractivity contribution is -0.660. The van der Waals surface area contributed by atoms with E-state index < -0.39 is 0 Å². The zero-order chi connectivity index (χ0) is 9.97. The summed E-state index contributed by atoms with van der Waals surface area (Å²) >= 11 is 0. The summed E-state index contributed by atoms with van der Waals surface area (Å²) in [7, 11) is 2.04. The first-order valence-corrected chi connectivity index (χ1v) is 4.65. The summed E-state index contributed by atoms with van der Waals surface area (Å²) in [6, 6.07) is 10.1. The molecule has 0 unspecified atom stereocenters. The summed E-state index contributed by atoms with van der Waals surface area (Å²) in [5.41, 5.74) is 3.44. The van der Waals surface area contributed by atoms with Gasteiger partial charge >= 0.3 is 0 Å². The lowest BCUT2D eigenvalue weighted by atomic mass is 10.1. The van der Waals surface area contributed by atoms with Crippen molar-refractivity contribution in [2.45, 2.75) is 6.92 Å². The lowest BCUT2D eigenvalue weighted by Crippen LogP contribution is -2.31. The van der Waals surface area contributed by atoms with Crippen LogP contribution in [0.4, 0.5) is 0 Å². The van der Waals surface area contributed by atoms with Gasteiger partial charge in [0.15, 0.2) is 6.20 Å². The molecule has 70 valence electrons. The van der Waals surface area contributed by atoms with E-state index in [1.807, 2.05) is 43.7 Å². The van der Waals surface area contributed by atoms with Crippen molar-refractivity contribution in [2.24, 2.45) is 7.05 Å². The molecule has 2 rings (SSSR count). The first-order chi connectivity index (χ1) is 6.79. The van der Waals surface area contributed by atoms with E-state index in [4.69, 9.17) is 0 Å². The number of aromatic nitrogens is 2. The summed E-state index contributed by atoms with van der Waals surface area (Å²) in [6.07, 6.45) is 3.86. The fourth-order valence-electron chi connectivity index (χ4n) is 1.63. The molecule has 2 nitrogen and oxygen atoms in total. The van der Waals surface area contributed by atoms with Gasteiger partial charge in [-0.3, -0.25) is 0 Å². The molecule has 2 aromatic rings. The van der Waals surface area contributed by atoms with Gasteiger partial charge in [-0.2, -0.15) is 4.57 Å². The quantitative estimate of drug-likeness (QED) is 0.620. The Hall–Kier alpha value is -1.70. The summed E-state index contributed by atoms with van der Waals surface area (Å²) in [5.74, 6) is 0. The van der Waals surface area contributed by atoms with Crippen LogP contribution in [-0.4, -0.2) is 4.98 Å². The van der Waals surface area contributed by atoms with Crippen molar-refractivity contribution in [2.75, 3.05) is 0 Å². The number of hydrogen-bond acceptors (Lipinski definition) is 1. The van der Waals surface area contributed by atoms with Gasteiger partial charge in [0.05, 0.1) is 0 Å². The third-order valence-corrected chi connectivity index (χ3v) is 2.29. The van der Waals surface area contributed by atoms with Gasteiger partial charge < -0.3 is 0 Å². The second-order valence-electron chi connectivity index (χ2n) is 3.37. The highest BCUT2D eigenvalue weighted by Crippen LogP contribution is 2.15. The fourth-order valence-corrected chi connectivity index (χ4v) is 1.63. The van der Waals surface area contributed by atoms with Gasteiger partial charge in [0.1, 0.15) is 12.7 Å². The van der Waals surface area contributed by atoms with E-state index in [-0.39, 0.29) is 0 Å². The standard InChI is InChI=1S/C12H13N2/c1-10-6-5-9-14(2)12(10)11-7-3-4-8-13-11/h3-9H,1-2H3/q+1. The summed E-state index contributed by atoms with van der Waals surface area (Å²) in [4.78, 5) is 4.35. The molecule has 2 heterocycles. The monoisotopic (exact) mass is 185 g/mol. The van der Waals surface area contributed by atoms with Crippen LogP contribution in [0.1, 0.15) is 5.56 Å². The molecule has 2 aromatic heterocycles. The Labute approximate surface area is 83.9 Å². The highest BCUT2D eigenvalue weighted by atomic mass is 14.9. The van der Waals surface area contributed by atoms with Crippen LogP contribution in [-0.2, 0) is 7.05 Å². The van der Waals surface area contributed by atoms with Gasteiger partial charge in [-0.25, -0.2) is 4.98 Å². The molecule has 0 aliphatic carbocycles. The molecule has 2 heteroatoms. The summed E-state index contributed by atoms with van der Waals surface area (Å²) in [5, 5.41) is 0. The van der Waals surface area contributed by atoms with E-state index in [1.165, 1.54) is 11.3 Å². The molecule has 0 aliphatic rings. The van der Waals surface area contributed by atoms with Gasteiger partial charge in [0, 0.05) is 17.8 Å². The highest BCUT2D eigenvalue weighted by molar-refractivity contribution is 5.54. The molecule has 0 aliphatic heterocycles. The second-order valence-corrected chi connectivity index (χ2v) is 3.37. The van der Waals surface area contributed by atoms with Crippen LogP contribution >= 0.6 is 0 Å². The van der Waals surface area contributed by atoms with E-state index in [9.17, 15) is 0 Å². The molecule has 0 radical (unpaired) electrons. The maximum atomic E-state index is 4.35. The average Bonchev–Trinajstić information content (AvgIpc) is 2.19. The first kappa shape index (κ1) is 8.88. The van der Waals surface area contributed by atoms with Crippen LogP contribution in [0.3, 0.4) is 0 Å². The largest absolute Gasteiger partial charge is 0.250 e. The van der Waals surface area contributed by atoms with Crippen LogP contribution in [0.2, 0.25) is 0 Å². The maximum Gasteiger partial charge on any atom is 0.233 e. The molecule has 0 N–H and O–H groups in total. The number of nitrogens with zero attached hydrogens (tertiary/aromatic N) is 2. The topological polar surface area (TPSA) is 16.8 Å². The molecule has 0 saturated heterocycles. The molecular formula is C12H13N2+. The fraction of sp³-hybridized carbons (Fsp3) is 0.167. The number of aryl methyl sites for hydroxylation is 2. The minimum atomic E-state index is 1.02. The second kappa shape index (κ2) is 3.58. The zero-order valence-electron chi connectivity index (χ0n) is 8.44. The summed E-state index contributed by atoms with van der Waals surface area (Å²) < 4.78 is 2.09. The number of rotatable bonds is 1. The van der Waals surface area contributed by atoms with Gasteiger partial charge in [-0.05, 0) is 25.1 Å². The molecular weight excluding hydrogens is 172 g/mol. The lowest BCUT2D eigenvalue weighted by Gasteiger charge is -2.01. The van der Waals surface area contributed by atoms with Crippen molar-refractivity contribution in [3.8, 4) is 11.4 Å². The molecule has 0 aromatic carbocycles. The maximum absolute atomic E-state index is 4.35. The van der Waals surface area contributed by atoms with E-state index >= 15 is 0 Å². The van der Waals surface area contributed by atoms with Crippen LogP contribution in [0.5, 0.6) is 0 Å². The van der Waals surface area contributed by atoms with Crippen molar-refractivity contribution in [3.05, 3.63) is 48.3 Å². The van der Waals surface area contributed by atoms with Gasteiger partial charge in [-0.15, -0.1) is 0 Å². The van der Waals surface area contributed by atoms with E-state index in [2.05, 4.69) is 22.5 Å². The third-order valence-electron chi connectivity index (χ3n) is 2.29. The van der Waals surface area contributed by atoms with Crippen molar-refractivity contribution >= 4 is 0 Å². The van der Waals surface area contributed by atoms with Crippen molar-refractivity contribution in [1.29, 1.82) is 0 Å². The van der Waals surface area contributed by atoms with Crippen LogP contribution in [0, 0.1) is 6.92 Å². The zero-order valence-corrected chi connectivity index (χ0v) is 8.44. The Morgan fingerprint density at radius 1 is 1.14 bits per heavy atom. The molecule has 0 saturated carbocycles. The van der Waals surface area contributed by atoms with Gasteiger partial charge in [0.2, 0.25) is 5.69 Å². The first-order valence-electron chi connectivity index (χ1n) is 4.65. The van der Waals surface area contributed by atoms with Crippen molar-refractivity contribution in [3.63, 3.8) is 0 Å². The van der Waals surface area contributed by atoms with Crippen LogP contribution in [0.25, 0.3) is 11.4 Å². The molecule has 0 amide bonds. The Balaban J connectivity index is 2.63. The molecule has 0 atom stereocenters. The van der Waals surface area contributed by atoms with Gasteiger partial charge in [0.25, 0.3) is 0 Å². The Kier molecular flexibility index (Phi) is 2.27. The minimum Gasteiger partial charge on any atom is -0.250 e. The predicted molar refractivity (Wildman–Crippen MR) is 55.6 cm³/mol. The highest BCUT2D eigenvalue weighted by Gasteiger charge is 2.12. The Morgan fingerprint density at radius 3 is 2.64 bits per heavy atom.